The highest BCUT2D eigenvalue weighted by Crippen LogP contribution is 2.47. The maximum Gasteiger partial charge on any atom is 0.137 e. The predicted octanol–water partition coefficient (Wildman–Crippen LogP) is 15.5. The van der Waals surface area contributed by atoms with Crippen LogP contribution in [0.4, 0.5) is 17.1 Å². The molecule has 10 aromatic carbocycles. The molecule has 0 aliphatic rings. The van der Waals surface area contributed by atoms with Gasteiger partial charge in [0.05, 0.1) is 16.8 Å². The summed E-state index contributed by atoms with van der Waals surface area (Å²) in [5.41, 5.74) is 12.1. The Labute approximate surface area is 325 Å². The van der Waals surface area contributed by atoms with Crippen LogP contribution in [0.5, 0.6) is 0 Å². The average molecular weight is 714 g/mol. The molecule has 0 N–H and O–H groups in total. The number of furan rings is 1. The number of rotatable bonds is 6. The summed E-state index contributed by atoms with van der Waals surface area (Å²) in [6.45, 7) is 0. The second kappa shape index (κ2) is 13.2. The van der Waals surface area contributed by atoms with Gasteiger partial charge in [0.2, 0.25) is 0 Å². The molecular weight excluding hydrogens is 679 g/mol. The normalized spacial score (nSPS) is 11.6. The standard InChI is InChI=1S/C54H35NO/c1-4-15-45-39(11-1)13-9-18-47(45)48-16-5-7-19-50(48)55(51-20-10-22-53-54(51)49-17-6-8-21-52(49)56-53)43-32-29-37(30-33-43)36-23-25-38(26-24-36)41-31-34-46-42(35-41)28-27-40-12-2-3-14-44(40)46/h1-35H. The van der Waals surface area contributed by atoms with Crippen LogP contribution >= 0.6 is 0 Å². The third-order valence-corrected chi connectivity index (χ3v) is 11.3. The first-order valence-electron chi connectivity index (χ1n) is 19.2. The SMILES string of the molecule is c1ccc(N(c2ccc(-c3ccc(-c4ccc5c(ccc6ccccc65)c4)cc3)cc2)c2cccc3oc4ccccc4c23)c(-c2cccc3ccccc23)c1. The van der Waals surface area contributed by atoms with Crippen molar-refractivity contribution in [3.63, 3.8) is 0 Å². The van der Waals surface area contributed by atoms with E-state index in [1.165, 1.54) is 60.1 Å². The summed E-state index contributed by atoms with van der Waals surface area (Å²) in [6, 6.07) is 76.5. The lowest BCUT2D eigenvalue weighted by Crippen LogP contribution is -2.11. The Balaban J connectivity index is 1.01. The summed E-state index contributed by atoms with van der Waals surface area (Å²) in [5, 5.41) is 9.75. The number of nitrogens with zero attached hydrogens (tertiary/aromatic N) is 1. The van der Waals surface area contributed by atoms with E-state index in [4.69, 9.17) is 4.42 Å². The quantitative estimate of drug-likeness (QED) is 0.160. The van der Waals surface area contributed by atoms with Crippen molar-refractivity contribution < 1.29 is 4.42 Å². The van der Waals surface area contributed by atoms with Gasteiger partial charge in [-0.2, -0.15) is 0 Å². The Morgan fingerprint density at radius 1 is 0.304 bits per heavy atom. The van der Waals surface area contributed by atoms with E-state index in [9.17, 15) is 0 Å². The Morgan fingerprint density at radius 3 is 1.64 bits per heavy atom. The van der Waals surface area contributed by atoms with Crippen LogP contribution in [0.3, 0.4) is 0 Å². The molecule has 0 radical (unpaired) electrons. The average Bonchev–Trinajstić information content (AvgIpc) is 3.66. The van der Waals surface area contributed by atoms with Crippen molar-refractivity contribution in [3.05, 3.63) is 212 Å². The van der Waals surface area contributed by atoms with Crippen LogP contribution in [0.15, 0.2) is 217 Å². The fourth-order valence-electron chi connectivity index (χ4n) is 8.56. The van der Waals surface area contributed by atoms with Crippen LogP contribution in [-0.2, 0) is 0 Å². The van der Waals surface area contributed by atoms with E-state index in [1.54, 1.807) is 0 Å². The van der Waals surface area contributed by atoms with E-state index in [-0.39, 0.29) is 0 Å². The van der Waals surface area contributed by atoms with E-state index in [0.29, 0.717) is 0 Å². The Kier molecular flexibility index (Phi) is 7.53. The Hall–Kier alpha value is -7.42. The zero-order chi connectivity index (χ0) is 37.0. The number of fused-ring (bicyclic) bond motifs is 7. The van der Waals surface area contributed by atoms with Crippen molar-refractivity contribution in [3.8, 4) is 33.4 Å². The Bertz CT molecular complexity index is 3240. The van der Waals surface area contributed by atoms with Gasteiger partial charge in [0.15, 0.2) is 0 Å². The molecule has 0 bridgehead atoms. The van der Waals surface area contributed by atoms with Crippen molar-refractivity contribution >= 4 is 71.3 Å². The molecule has 0 saturated carbocycles. The lowest BCUT2D eigenvalue weighted by Gasteiger charge is -2.29. The zero-order valence-electron chi connectivity index (χ0n) is 30.6. The van der Waals surface area contributed by atoms with Gasteiger partial charge in [0.25, 0.3) is 0 Å². The van der Waals surface area contributed by atoms with Gasteiger partial charge >= 0.3 is 0 Å². The van der Waals surface area contributed by atoms with Gasteiger partial charge in [-0.25, -0.2) is 0 Å². The van der Waals surface area contributed by atoms with Crippen molar-refractivity contribution in [2.24, 2.45) is 0 Å². The molecule has 0 saturated heterocycles. The van der Waals surface area contributed by atoms with Gasteiger partial charge in [-0.3, -0.25) is 0 Å². The topological polar surface area (TPSA) is 16.4 Å². The van der Waals surface area contributed by atoms with Crippen LogP contribution < -0.4 is 4.90 Å². The van der Waals surface area contributed by atoms with Gasteiger partial charge in [-0.1, -0.05) is 170 Å². The molecule has 1 heterocycles. The molecule has 2 heteroatoms. The molecule has 0 fully saturated rings. The highest BCUT2D eigenvalue weighted by Gasteiger charge is 2.22. The van der Waals surface area contributed by atoms with Crippen molar-refractivity contribution in [2.45, 2.75) is 0 Å². The van der Waals surface area contributed by atoms with E-state index >= 15 is 0 Å². The summed E-state index contributed by atoms with van der Waals surface area (Å²) in [7, 11) is 0. The third kappa shape index (κ3) is 5.34. The molecule has 0 amide bonds. The molecule has 56 heavy (non-hydrogen) atoms. The highest BCUT2D eigenvalue weighted by molar-refractivity contribution is 6.14. The highest BCUT2D eigenvalue weighted by atomic mass is 16.3. The van der Waals surface area contributed by atoms with Crippen molar-refractivity contribution in [1.82, 2.24) is 0 Å². The molecule has 0 spiro atoms. The minimum absolute atomic E-state index is 0.868. The summed E-state index contributed by atoms with van der Waals surface area (Å²) in [4.78, 5) is 2.40. The summed E-state index contributed by atoms with van der Waals surface area (Å²) in [5.74, 6) is 0. The zero-order valence-corrected chi connectivity index (χ0v) is 30.6. The third-order valence-electron chi connectivity index (χ3n) is 11.3. The van der Waals surface area contributed by atoms with Crippen LogP contribution in [0, 0.1) is 0 Å². The number of hydrogen-bond donors (Lipinski definition) is 0. The summed E-state index contributed by atoms with van der Waals surface area (Å²) in [6.07, 6.45) is 0. The molecule has 0 unspecified atom stereocenters. The van der Waals surface area contributed by atoms with Crippen LogP contribution in [0.25, 0.3) is 87.6 Å². The lowest BCUT2D eigenvalue weighted by atomic mass is 9.95. The van der Waals surface area contributed by atoms with E-state index in [2.05, 4.69) is 211 Å². The summed E-state index contributed by atoms with van der Waals surface area (Å²) < 4.78 is 6.42. The number of para-hydroxylation sites is 2. The monoisotopic (exact) mass is 713 g/mol. The molecule has 1 aromatic heterocycles. The smallest absolute Gasteiger partial charge is 0.137 e. The van der Waals surface area contributed by atoms with Crippen molar-refractivity contribution in [2.75, 3.05) is 4.90 Å². The van der Waals surface area contributed by atoms with Gasteiger partial charge < -0.3 is 9.32 Å². The van der Waals surface area contributed by atoms with E-state index in [1.807, 2.05) is 6.07 Å². The molecule has 0 atom stereocenters. The molecule has 262 valence electrons. The van der Waals surface area contributed by atoms with Crippen LogP contribution in [0.1, 0.15) is 0 Å². The second-order valence-corrected chi connectivity index (χ2v) is 14.5. The van der Waals surface area contributed by atoms with E-state index < -0.39 is 0 Å². The lowest BCUT2D eigenvalue weighted by molar-refractivity contribution is 0.669. The van der Waals surface area contributed by atoms with Crippen molar-refractivity contribution in [1.29, 1.82) is 0 Å². The van der Waals surface area contributed by atoms with Crippen LogP contribution in [-0.4, -0.2) is 0 Å². The number of benzene rings is 10. The fraction of sp³-hybridized carbons (Fsp3) is 0. The molecule has 11 rings (SSSR count). The first kappa shape index (κ1) is 32.0. The molecule has 0 aliphatic heterocycles. The summed E-state index contributed by atoms with van der Waals surface area (Å²) >= 11 is 0. The fourth-order valence-corrected chi connectivity index (χ4v) is 8.56. The van der Waals surface area contributed by atoms with Gasteiger partial charge in [0.1, 0.15) is 11.2 Å². The van der Waals surface area contributed by atoms with Crippen LogP contribution in [0.2, 0.25) is 0 Å². The molecular formula is C54H35NO. The van der Waals surface area contributed by atoms with E-state index in [0.717, 1.165) is 44.6 Å². The number of hydrogen-bond acceptors (Lipinski definition) is 2. The minimum atomic E-state index is 0.868. The molecule has 2 nitrogen and oxygen atoms in total. The minimum Gasteiger partial charge on any atom is -0.456 e. The molecule has 0 aliphatic carbocycles. The molecule has 11 aromatic rings. The van der Waals surface area contributed by atoms with Gasteiger partial charge in [-0.05, 0) is 103 Å². The number of anilines is 3. The van der Waals surface area contributed by atoms with Gasteiger partial charge in [0, 0.05) is 16.6 Å². The van der Waals surface area contributed by atoms with Gasteiger partial charge in [-0.15, -0.1) is 0 Å². The maximum absolute atomic E-state index is 6.42. The maximum atomic E-state index is 6.42. The first-order chi connectivity index (χ1) is 27.8. The first-order valence-corrected chi connectivity index (χ1v) is 19.2. The Morgan fingerprint density at radius 2 is 0.821 bits per heavy atom. The largest absolute Gasteiger partial charge is 0.456 e. The predicted molar refractivity (Wildman–Crippen MR) is 237 cm³/mol. The second-order valence-electron chi connectivity index (χ2n) is 14.5.